The highest BCUT2D eigenvalue weighted by molar-refractivity contribution is 5.45. The van der Waals surface area contributed by atoms with E-state index < -0.39 is 0 Å². The summed E-state index contributed by atoms with van der Waals surface area (Å²) in [5.41, 5.74) is 1.15. The lowest BCUT2D eigenvalue weighted by molar-refractivity contribution is 0.110. The van der Waals surface area contributed by atoms with E-state index in [1.54, 1.807) is 0 Å². The predicted octanol–water partition coefficient (Wildman–Crippen LogP) is 2.86. The van der Waals surface area contributed by atoms with E-state index in [0.29, 0.717) is 6.79 Å². The Bertz CT molecular complexity index is 435. The minimum absolute atomic E-state index is 0.0232. The zero-order valence-corrected chi connectivity index (χ0v) is 12.6. The summed E-state index contributed by atoms with van der Waals surface area (Å²) in [6.07, 6.45) is 1.95. The van der Waals surface area contributed by atoms with Gasteiger partial charge in [-0.15, -0.1) is 0 Å². The van der Waals surface area contributed by atoms with Gasteiger partial charge in [-0.2, -0.15) is 0 Å². The lowest BCUT2D eigenvalue weighted by Gasteiger charge is -2.31. The van der Waals surface area contributed by atoms with Crippen LogP contribution in [0.3, 0.4) is 0 Å². The molecule has 1 aliphatic rings. The van der Waals surface area contributed by atoms with Gasteiger partial charge in [0, 0.05) is 24.6 Å². The van der Waals surface area contributed by atoms with Crippen LogP contribution in [0.2, 0.25) is 0 Å². The molecule has 4 heteroatoms. The molecule has 0 radical (unpaired) electrons. The molecule has 1 heterocycles. The summed E-state index contributed by atoms with van der Waals surface area (Å²) >= 11 is 0. The van der Waals surface area contributed by atoms with Crippen molar-refractivity contribution in [2.75, 3.05) is 19.9 Å². The number of ether oxygens (including phenoxy) is 2. The fourth-order valence-electron chi connectivity index (χ4n) is 2.45. The number of aliphatic hydroxyl groups excluding tert-OH is 1. The number of nitrogens with one attached hydrogen (secondary N) is 1. The molecule has 1 aliphatic heterocycles. The van der Waals surface area contributed by atoms with Gasteiger partial charge in [0.2, 0.25) is 6.79 Å². The molecular formula is C16H25NO3. The van der Waals surface area contributed by atoms with Crippen molar-refractivity contribution in [3.63, 3.8) is 0 Å². The molecule has 0 bridgehead atoms. The van der Waals surface area contributed by atoms with Gasteiger partial charge >= 0.3 is 0 Å². The van der Waals surface area contributed by atoms with E-state index in [0.717, 1.165) is 30.9 Å². The zero-order valence-electron chi connectivity index (χ0n) is 12.6. The number of aliphatic hydroxyl groups is 1. The van der Waals surface area contributed by atoms with Crippen LogP contribution in [0.4, 0.5) is 0 Å². The SMILES string of the molecule is CCC(CC)(CO)CNC(C)c1ccc2c(c1)OCO2. The Balaban J connectivity index is 1.99. The molecule has 1 unspecified atom stereocenters. The summed E-state index contributed by atoms with van der Waals surface area (Å²) in [5, 5.41) is 13.1. The molecular weight excluding hydrogens is 254 g/mol. The third kappa shape index (κ3) is 3.07. The second-order valence-electron chi connectivity index (χ2n) is 5.58. The first-order valence-electron chi connectivity index (χ1n) is 7.38. The normalized spacial score (nSPS) is 15.4. The van der Waals surface area contributed by atoms with Crippen molar-refractivity contribution < 1.29 is 14.6 Å². The molecule has 1 aromatic carbocycles. The molecule has 20 heavy (non-hydrogen) atoms. The Kier molecular flexibility index (Phi) is 4.89. The molecule has 2 N–H and O–H groups in total. The highest BCUT2D eigenvalue weighted by Crippen LogP contribution is 2.34. The van der Waals surface area contributed by atoms with Gasteiger partial charge in [0.1, 0.15) is 0 Å². The van der Waals surface area contributed by atoms with Gasteiger partial charge in [0.15, 0.2) is 11.5 Å². The Morgan fingerprint density at radius 1 is 1.25 bits per heavy atom. The van der Waals surface area contributed by atoms with Crippen molar-refractivity contribution >= 4 is 0 Å². The monoisotopic (exact) mass is 279 g/mol. The Labute approximate surface area is 121 Å². The van der Waals surface area contributed by atoms with E-state index in [-0.39, 0.29) is 18.1 Å². The average Bonchev–Trinajstić information content (AvgIpc) is 2.96. The second kappa shape index (κ2) is 6.46. The van der Waals surface area contributed by atoms with Crippen molar-refractivity contribution in [3.05, 3.63) is 23.8 Å². The van der Waals surface area contributed by atoms with Crippen molar-refractivity contribution in [2.45, 2.75) is 39.7 Å². The molecule has 1 atom stereocenters. The van der Waals surface area contributed by atoms with Crippen LogP contribution in [0.5, 0.6) is 11.5 Å². The zero-order chi connectivity index (χ0) is 14.6. The first-order valence-corrected chi connectivity index (χ1v) is 7.38. The summed E-state index contributed by atoms with van der Waals surface area (Å²) in [5.74, 6) is 1.63. The van der Waals surface area contributed by atoms with Crippen LogP contribution < -0.4 is 14.8 Å². The summed E-state index contributed by atoms with van der Waals surface area (Å²) in [4.78, 5) is 0. The molecule has 0 aromatic heterocycles. The van der Waals surface area contributed by atoms with E-state index in [1.807, 2.05) is 12.1 Å². The van der Waals surface area contributed by atoms with Crippen molar-refractivity contribution in [2.24, 2.45) is 5.41 Å². The number of hydrogen-bond donors (Lipinski definition) is 2. The molecule has 0 spiro atoms. The standard InChI is InChI=1S/C16H25NO3/c1-4-16(5-2,10-18)9-17-12(3)13-6-7-14-15(8-13)20-11-19-14/h6-8,12,17-18H,4-5,9-11H2,1-3H3. The Hall–Kier alpha value is -1.26. The second-order valence-corrected chi connectivity index (χ2v) is 5.58. The molecule has 0 saturated heterocycles. The lowest BCUT2D eigenvalue weighted by Crippen LogP contribution is -2.37. The molecule has 0 aliphatic carbocycles. The fourth-order valence-corrected chi connectivity index (χ4v) is 2.45. The molecule has 4 nitrogen and oxygen atoms in total. The van der Waals surface area contributed by atoms with Crippen LogP contribution in [-0.4, -0.2) is 25.1 Å². The Morgan fingerprint density at radius 2 is 1.95 bits per heavy atom. The molecule has 1 aromatic rings. The van der Waals surface area contributed by atoms with E-state index in [1.165, 1.54) is 5.56 Å². The number of benzene rings is 1. The van der Waals surface area contributed by atoms with Gasteiger partial charge < -0.3 is 19.9 Å². The lowest BCUT2D eigenvalue weighted by atomic mass is 9.83. The van der Waals surface area contributed by atoms with Crippen molar-refractivity contribution in [1.82, 2.24) is 5.32 Å². The van der Waals surface area contributed by atoms with Crippen LogP contribution in [-0.2, 0) is 0 Å². The molecule has 0 fully saturated rings. The van der Waals surface area contributed by atoms with Gasteiger partial charge in [-0.3, -0.25) is 0 Å². The van der Waals surface area contributed by atoms with Crippen LogP contribution in [0.15, 0.2) is 18.2 Å². The van der Waals surface area contributed by atoms with Gasteiger partial charge in [0.05, 0.1) is 0 Å². The van der Waals surface area contributed by atoms with Crippen LogP contribution in [0, 0.1) is 5.41 Å². The van der Waals surface area contributed by atoms with Crippen LogP contribution >= 0.6 is 0 Å². The van der Waals surface area contributed by atoms with Crippen molar-refractivity contribution in [1.29, 1.82) is 0 Å². The third-order valence-corrected chi connectivity index (χ3v) is 4.52. The maximum atomic E-state index is 9.61. The number of rotatable bonds is 7. The van der Waals surface area contributed by atoms with Crippen LogP contribution in [0.1, 0.15) is 45.2 Å². The maximum Gasteiger partial charge on any atom is 0.231 e. The summed E-state index contributed by atoms with van der Waals surface area (Å²) in [6.45, 7) is 7.73. The summed E-state index contributed by atoms with van der Waals surface area (Å²) < 4.78 is 10.7. The first-order chi connectivity index (χ1) is 9.64. The van der Waals surface area contributed by atoms with Gasteiger partial charge in [-0.25, -0.2) is 0 Å². The minimum Gasteiger partial charge on any atom is -0.454 e. The fraction of sp³-hybridized carbons (Fsp3) is 0.625. The predicted molar refractivity (Wildman–Crippen MR) is 79.1 cm³/mol. The maximum absolute atomic E-state index is 9.61. The van der Waals surface area contributed by atoms with Crippen LogP contribution in [0.25, 0.3) is 0 Å². The quantitative estimate of drug-likeness (QED) is 0.806. The van der Waals surface area contributed by atoms with E-state index in [9.17, 15) is 5.11 Å². The largest absolute Gasteiger partial charge is 0.454 e. The van der Waals surface area contributed by atoms with E-state index in [2.05, 4.69) is 32.2 Å². The summed E-state index contributed by atoms with van der Waals surface area (Å²) in [6, 6.07) is 6.25. The van der Waals surface area contributed by atoms with Gasteiger partial charge in [-0.05, 0) is 37.5 Å². The minimum atomic E-state index is -0.0232. The van der Waals surface area contributed by atoms with Gasteiger partial charge in [0.25, 0.3) is 0 Å². The Morgan fingerprint density at radius 3 is 2.60 bits per heavy atom. The molecule has 0 amide bonds. The molecule has 2 rings (SSSR count). The van der Waals surface area contributed by atoms with E-state index >= 15 is 0 Å². The number of fused-ring (bicyclic) bond motifs is 1. The van der Waals surface area contributed by atoms with Gasteiger partial charge in [-0.1, -0.05) is 19.9 Å². The third-order valence-electron chi connectivity index (χ3n) is 4.52. The number of hydrogen-bond acceptors (Lipinski definition) is 4. The first kappa shape index (κ1) is 15.1. The topological polar surface area (TPSA) is 50.7 Å². The average molecular weight is 279 g/mol. The van der Waals surface area contributed by atoms with Crippen molar-refractivity contribution in [3.8, 4) is 11.5 Å². The smallest absolute Gasteiger partial charge is 0.231 e. The molecule has 112 valence electrons. The highest BCUT2D eigenvalue weighted by Gasteiger charge is 2.26. The molecule has 0 saturated carbocycles. The summed E-state index contributed by atoms with van der Waals surface area (Å²) in [7, 11) is 0. The highest BCUT2D eigenvalue weighted by atomic mass is 16.7. The van der Waals surface area contributed by atoms with E-state index in [4.69, 9.17) is 9.47 Å².